The number of rotatable bonds is 7. The lowest BCUT2D eigenvalue weighted by Gasteiger charge is -2.38. The van der Waals surface area contributed by atoms with Gasteiger partial charge in [-0.25, -0.2) is 0 Å². The number of nitrogens with zero attached hydrogens (tertiary/aromatic N) is 2. The fourth-order valence-electron chi connectivity index (χ4n) is 5.65. The van der Waals surface area contributed by atoms with Gasteiger partial charge in [0.15, 0.2) is 0 Å². The highest BCUT2D eigenvalue weighted by atomic mass is 15.2. The van der Waals surface area contributed by atoms with Crippen molar-refractivity contribution < 1.29 is 0 Å². The van der Waals surface area contributed by atoms with Gasteiger partial charge in [0.25, 0.3) is 0 Å². The predicted octanol–water partition coefficient (Wildman–Crippen LogP) is 6.76. The van der Waals surface area contributed by atoms with Crippen LogP contribution in [0.1, 0.15) is 80.4 Å². The van der Waals surface area contributed by atoms with Crippen LogP contribution in [-0.4, -0.2) is 36.5 Å². The highest BCUT2D eigenvalue weighted by molar-refractivity contribution is 5.37. The summed E-state index contributed by atoms with van der Waals surface area (Å²) in [5, 5.41) is 0. The van der Waals surface area contributed by atoms with E-state index < -0.39 is 0 Å². The molecule has 0 aliphatic carbocycles. The van der Waals surface area contributed by atoms with Crippen LogP contribution in [0.4, 0.5) is 0 Å². The molecule has 0 radical (unpaired) electrons. The Morgan fingerprint density at radius 1 is 0.969 bits per heavy atom. The van der Waals surface area contributed by atoms with Crippen LogP contribution in [0.15, 0.2) is 54.1 Å². The fourth-order valence-corrected chi connectivity index (χ4v) is 5.65. The molecule has 0 fully saturated rings. The monoisotopic (exact) mass is 430 g/mol. The molecule has 2 aromatic carbocycles. The Hall–Kier alpha value is -1.90. The normalized spacial score (nSPS) is 21.3. The first-order valence-electron chi connectivity index (χ1n) is 12.7. The number of fused-ring (bicyclic) bond motifs is 2. The largest absolute Gasteiger partial charge is 0.299 e. The second-order valence-electron chi connectivity index (χ2n) is 10.7. The Morgan fingerprint density at radius 2 is 1.72 bits per heavy atom. The third kappa shape index (κ3) is 5.35. The SMILES string of the molecule is CC(C)=CC[C@@H]1c2ccccc2CCN1CCc1ccc2c(c1)[C@H](CC(C)C)N(C)CC2. The third-order valence-electron chi connectivity index (χ3n) is 7.49. The summed E-state index contributed by atoms with van der Waals surface area (Å²) in [6.07, 6.45) is 8.29. The minimum Gasteiger partial charge on any atom is -0.299 e. The van der Waals surface area contributed by atoms with Gasteiger partial charge < -0.3 is 0 Å². The van der Waals surface area contributed by atoms with Crippen molar-refractivity contribution in [2.75, 3.05) is 26.7 Å². The molecule has 0 aromatic heterocycles. The molecule has 2 nitrogen and oxygen atoms in total. The van der Waals surface area contributed by atoms with Crippen molar-refractivity contribution in [2.24, 2.45) is 5.92 Å². The van der Waals surface area contributed by atoms with E-state index in [0.717, 1.165) is 25.3 Å². The van der Waals surface area contributed by atoms with Crippen LogP contribution in [0.2, 0.25) is 0 Å². The first kappa shape index (κ1) is 23.3. The highest BCUT2D eigenvalue weighted by Gasteiger charge is 2.27. The van der Waals surface area contributed by atoms with E-state index in [4.69, 9.17) is 0 Å². The Labute approximate surface area is 196 Å². The lowest BCUT2D eigenvalue weighted by Crippen LogP contribution is -2.37. The minimum atomic E-state index is 0.507. The summed E-state index contributed by atoms with van der Waals surface area (Å²) in [7, 11) is 2.31. The molecule has 2 atom stereocenters. The standard InChI is InChI=1S/C30H42N2/c1-22(2)10-13-29-27-9-7-6-8-25(27)16-19-32(29)18-14-24-11-12-26-15-17-31(5)30(20-23(3)4)28(26)21-24/h6-12,21,23,29-30H,13-20H2,1-5H3/t29-,30+/m1/s1. The van der Waals surface area contributed by atoms with E-state index in [1.165, 1.54) is 43.5 Å². The zero-order valence-corrected chi connectivity index (χ0v) is 20.9. The molecule has 0 saturated heterocycles. The Bertz CT molecular complexity index is 938. The molecule has 2 heterocycles. The summed E-state index contributed by atoms with van der Waals surface area (Å²) in [4.78, 5) is 5.31. The number of benzene rings is 2. The van der Waals surface area contributed by atoms with Gasteiger partial charge in [0.05, 0.1) is 0 Å². The quantitative estimate of drug-likeness (QED) is 0.448. The molecule has 0 amide bonds. The minimum absolute atomic E-state index is 0.507. The number of allylic oxidation sites excluding steroid dienone is 1. The zero-order chi connectivity index (χ0) is 22.7. The van der Waals surface area contributed by atoms with Gasteiger partial charge in [0.1, 0.15) is 0 Å². The first-order chi connectivity index (χ1) is 15.4. The maximum atomic E-state index is 2.74. The second-order valence-corrected chi connectivity index (χ2v) is 10.7. The summed E-state index contributed by atoms with van der Waals surface area (Å²) in [5.74, 6) is 0.723. The fraction of sp³-hybridized carbons (Fsp3) is 0.533. The van der Waals surface area contributed by atoms with E-state index in [1.807, 2.05) is 0 Å². The molecule has 0 saturated carbocycles. The smallest absolute Gasteiger partial charge is 0.0385 e. The van der Waals surface area contributed by atoms with Gasteiger partial charge in [-0.05, 0) is 86.7 Å². The van der Waals surface area contributed by atoms with Crippen LogP contribution >= 0.6 is 0 Å². The molecule has 172 valence electrons. The molecule has 0 bridgehead atoms. The summed E-state index contributed by atoms with van der Waals surface area (Å²) in [6.45, 7) is 12.6. The Morgan fingerprint density at radius 3 is 2.50 bits per heavy atom. The predicted molar refractivity (Wildman–Crippen MR) is 137 cm³/mol. The van der Waals surface area contributed by atoms with E-state index in [1.54, 1.807) is 22.3 Å². The van der Waals surface area contributed by atoms with Crippen molar-refractivity contribution in [1.29, 1.82) is 0 Å². The van der Waals surface area contributed by atoms with Gasteiger partial charge in [-0.1, -0.05) is 68.0 Å². The highest BCUT2D eigenvalue weighted by Crippen LogP contribution is 2.35. The molecule has 0 N–H and O–H groups in total. The van der Waals surface area contributed by atoms with Gasteiger partial charge in [0.2, 0.25) is 0 Å². The topological polar surface area (TPSA) is 6.48 Å². The number of hydrogen-bond donors (Lipinski definition) is 0. The van der Waals surface area contributed by atoms with E-state index in [-0.39, 0.29) is 0 Å². The van der Waals surface area contributed by atoms with E-state index in [0.29, 0.717) is 12.1 Å². The van der Waals surface area contributed by atoms with Gasteiger partial charge in [-0.15, -0.1) is 0 Å². The van der Waals surface area contributed by atoms with Crippen molar-refractivity contribution in [2.45, 2.75) is 71.9 Å². The van der Waals surface area contributed by atoms with Crippen LogP contribution in [-0.2, 0) is 19.3 Å². The summed E-state index contributed by atoms with van der Waals surface area (Å²) in [5.41, 5.74) is 9.18. The van der Waals surface area contributed by atoms with Gasteiger partial charge in [-0.3, -0.25) is 9.80 Å². The lowest BCUT2D eigenvalue weighted by atomic mass is 9.86. The van der Waals surface area contributed by atoms with Gasteiger partial charge in [0, 0.05) is 31.7 Å². The lowest BCUT2D eigenvalue weighted by molar-refractivity contribution is 0.187. The van der Waals surface area contributed by atoms with E-state index in [2.05, 4.69) is 93.1 Å². The number of hydrogen-bond acceptors (Lipinski definition) is 2. The van der Waals surface area contributed by atoms with Gasteiger partial charge >= 0.3 is 0 Å². The van der Waals surface area contributed by atoms with Crippen molar-refractivity contribution in [3.8, 4) is 0 Å². The van der Waals surface area contributed by atoms with E-state index in [9.17, 15) is 0 Å². The second kappa shape index (κ2) is 10.4. The molecular weight excluding hydrogens is 388 g/mol. The summed E-state index contributed by atoms with van der Waals surface area (Å²) >= 11 is 0. The molecule has 2 aliphatic rings. The molecule has 0 spiro atoms. The molecular formula is C30H42N2. The molecule has 0 unspecified atom stereocenters. The third-order valence-corrected chi connectivity index (χ3v) is 7.49. The van der Waals surface area contributed by atoms with Crippen LogP contribution in [0, 0.1) is 5.92 Å². The van der Waals surface area contributed by atoms with Crippen molar-refractivity contribution in [3.63, 3.8) is 0 Å². The molecule has 2 heteroatoms. The summed E-state index contributed by atoms with van der Waals surface area (Å²) in [6, 6.07) is 17.6. The van der Waals surface area contributed by atoms with Crippen LogP contribution < -0.4 is 0 Å². The maximum Gasteiger partial charge on any atom is 0.0385 e. The average Bonchev–Trinajstić information content (AvgIpc) is 2.78. The van der Waals surface area contributed by atoms with Crippen LogP contribution in [0.25, 0.3) is 0 Å². The van der Waals surface area contributed by atoms with Gasteiger partial charge in [-0.2, -0.15) is 0 Å². The zero-order valence-electron chi connectivity index (χ0n) is 20.9. The van der Waals surface area contributed by atoms with E-state index >= 15 is 0 Å². The summed E-state index contributed by atoms with van der Waals surface area (Å²) < 4.78 is 0. The molecule has 2 aliphatic heterocycles. The Balaban J connectivity index is 1.51. The maximum absolute atomic E-state index is 2.74. The first-order valence-corrected chi connectivity index (χ1v) is 12.7. The van der Waals surface area contributed by atoms with Crippen molar-refractivity contribution in [1.82, 2.24) is 9.80 Å². The molecule has 4 rings (SSSR count). The molecule has 2 aromatic rings. The van der Waals surface area contributed by atoms with Crippen LogP contribution in [0.3, 0.4) is 0 Å². The Kier molecular flexibility index (Phi) is 7.53. The van der Waals surface area contributed by atoms with Crippen molar-refractivity contribution >= 4 is 0 Å². The average molecular weight is 431 g/mol. The van der Waals surface area contributed by atoms with Crippen LogP contribution in [0.5, 0.6) is 0 Å². The van der Waals surface area contributed by atoms with Crippen molar-refractivity contribution in [3.05, 3.63) is 81.9 Å². The molecule has 32 heavy (non-hydrogen) atoms. The number of likely N-dealkylation sites (N-methyl/N-ethyl adjacent to an activating group) is 1.